The third kappa shape index (κ3) is 7.90. The standard InChI is InChI=1S/C10H13FNO.C3H5ClO.3CH3.Sn/c1-12-9(7-11)10(13)8-5-3-2-4-6-8;1-3(4)2-5;;;;/h3-6,9-10,12-13H,7H2,1H3;2-3H,1H3;3*1H3;. The Bertz CT molecular complexity index is 431. The molecular formula is C16H27ClFNO2Sn. The number of nitrogens with one attached hydrogen (secondary N) is 1. The molecule has 0 fully saturated rings. The molecule has 0 amide bonds. The maximum absolute atomic E-state index is 12.7. The van der Waals surface area contributed by atoms with Gasteiger partial charge in [0.2, 0.25) is 0 Å². The van der Waals surface area contributed by atoms with E-state index in [9.17, 15) is 14.3 Å². The summed E-state index contributed by atoms with van der Waals surface area (Å²) in [5.74, 6) is 0. The number of aldehydes is 1. The first-order valence-corrected chi connectivity index (χ1v) is 17.7. The minimum absolute atomic E-state index is 0.324. The number of halogens is 2. The number of alkyl halides is 2. The average Bonchev–Trinajstić information content (AvgIpc) is 2.48. The van der Waals surface area contributed by atoms with E-state index in [2.05, 4.69) is 32.3 Å². The molecule has 0 spiro atoms. The molecule has 1 aromatic rings. The Balaban J connectivity index is 0.000000763. The molecule has 0 aliphatic carbocycles. The van der Waals surface area contributed by atoms with Crippen LogP contribution in [0.25, 0.3) is 0 Å². The number of carbonyl (C=O) groups excluding carboxylic acids is 1. The van der Waals surface area contributed by atoms with Gasteiger partial charge in [0.25, 0.3) is 0 Å². The van der Waals surface area contributed by atoms with Gasteiger partial charge >= 0.3 is 107 Å². The molecule has 0 aromatic heterocycles. The summed E-state index contributed by atoms with van der Waals surface area (Å²) in [5, 5.41) is 12.4. The van der Waals surface area contributed by atoms with Crippen molar-refractivity contribution in [1.82, 2.24) is 5.32 Å². The summed E-state index contributed by atoms with van der Waals surface area (Å²) in [6, 6.07) is 7.47. The van der Waals surface area contributed by atoms with Gasteiger partial charge in [-0.15, -0.1) is 11.6 Å². The van der Waals surface area contributed by atoms with Crippen molar-refractivity contribution in [3.63, 3.8) is 0 Å². The van der Waals surface area contributed by atoms with Gasteiger partial charge in [-0.05, 0) is 6.92 Å². The number of aliphatic hydroxyl groups is 1. The molecule has 6 heteroatoms. The van der Waals surface area contributed by atoms with Gasteiger partial charge in [-0.25, -0.2) is 0 Å². The van der Waals surface area contributed by atoms with E-state index in [0.29, 0.717) is 6.29 Å². The molecule has 3 nitrogen and oxygen atoms in total. The number of aliphatic hydroxyl groups excluding tert-OH is 1. The Labute approximate surface area is 142 Å². The molecule has 0 aliphatic rings. The number of likely N-dealkylation sites (N-methyl/N-ethyl adjacent to an activating group) is 1. The number of hydrogen-bond donors (Lipinski definition) is 2. The summed E-state index contributed by atoms with van der Waals surface area (Å²) in [7, 11) is 1.66. The molecule has 2 N–H and O–H groups in total. The van der Waals surface area contributed by atoms with Crippen LogP contribution in [0, 0.1) is 0 Å². The normalized spacial score (nSPS) is 15.3. The molecular weight excluding hydrogens is 411 g/mol. The van der Waals surface area contributed by atoms with E-state index in [1.165, 1.54) is 3.58 Å². The first-order chi connectivity index (χ1) is 10.2. The molecule has 0 saturated carbocycles. The SMILES string of the molecule is CC(Cl)C=O.CNC(CF)C(O)c1cc[c]([Sn]([CH3])([CH3])[CH3])cc1. The van der Waals surface area contributed by atoms with Crippen LogP contribution in [-0.4, -0.2) is 54.9 Å². The topological polar surface area (TPSA) is 49.3 Å². The first-order valence-electron chi connectivity index (χ1n) is 7.28. The van der Waals surface area contributed by atoms with Gasteiger partial charge in [0.1, 0.15) is 6.29 Å². The summed E-state index contributed by atoms with van der Waals surface area (Å²) in [6.07, 6.45) is -0.101. The predicted molar refractivity (Wildman–Crippen MR) is 94.6 cm³/mol. The number of benzene rings is 1. The van der Waals surface area contributed by atoms with E-state index in [0.717, 1.165) is 5.56 Å². The van der Waals surface area contributed by atoms with Gasteiger partial charge in [0.05, 0.1) is 5.38 Å². The molecule has 0 aliphatic heterocycles. The van der Waals surface area contributed by atoms with Crippen LogP contribution in [0.1, 0.15) is 18.6 Å². The molecule has 22 heavy (non-hydrogen) atoms. The van der Waals surface area contributed by atoms with E-state index < -0.39 is 37.2 Å². The summed E-state index contributed by atoms with van der Waals surface area (Å²) in [6.45, 7) is 1.05. The van der Waals surface area contributed by atoms with Crippen molar-refractivity contribution in [3.05, 3.63) is 29.8 Å². The second kappa shape index (κ2) is 10.6. The Hall–Kier alpha value is -0.171. The van der Waals surface area contributed by atoms with Gasteiger partial charge < -0.3 is 4.79 Å². The van der Waals surface area contributed by atoms with E-state index >= 15 is 0 Å². The third-order valence-corrected chi connectivity index (χ3v) is 9.22. The number of hydrogen-bond acceptors (Lipinski definition) is 3. The molecule has 0 radical (unpaired) electrons. The van der Waals surface area contributed by atoms with Crippen LogP contribution in [-0.2, 0) is 4.79 Å². The van der Waals surface area contributed by atoms with Crippen molar-refractivity contribution in [3.8, 4) is 0 Å². The Morgan fingerprint density at radius 2 is 1.77 bits per heavy atom. The molecule has 0 saturated heterocycles. The summed E-state index contributed by atoms with van der Waals surface area (Å²) in [4.78, 5) is 16.4. The number of rotatable bonds is 6. The van der Waals surface area contributed by atoms with Crippen LogP contribution in [0.4, 0.5) is 4.39 Å². The van der Waals surface area contributed by atoms with Crippen LogP contribution in [0.15, 0.2) is 24.3 Å². The van der Waals surface area contributed by atoms with Gasteiger partial charge in [0.15, 0.2) is 0 Å². The molecule has 0 heterocycles. The first kappa shape index (κ1) is 21.8. The fourth-order valence-electron chi connectivity index (χ4n) is 1.73. The van der Waals surface area contributed by atoms with Gasteiger partial charge in [0, 0.05) is 0 Å². The van der Waals surface area contributed by atoms with Crippen molar-refractivity contribution in [2.45, 2.75) is 39.3 Å². The maximum atomic E-state index is 12.7. The molecule has 1 rings (SSSR count). The predicted octanol–water partition coefficient (Wildman–Crippen LogP) is 2.64. The quantitative estimate of drug-likeness (QED) is 0.408. The van der Waals surface area contributed by atoms with E-state index in [1.54, 1.807) is 14.0 Å². The van der Waals surface area contributed by atoms with Crippen molar-refractivity contribution in [2.24, 2.45) is 0 Å². The second-order valence-corrected chi connectivity index (χ2v) is 21.4. The van der Waals surface area contributed by atoms with Gasteiger partial charge in [-0.1, -0.05) is 0 Å². The van der Waals surface area contributed by atoms with Crippen LogP contribution in [0.3, 0.4) is 0 Å². The fourth-order valence-corrected chi connectivity index (χ4v) is 5.06. The molecule has 1 aromatic carbocycles. The zero-order chi connectivity index (χ0) is 17.3. The van der Waals surface area contributed by atoms with Crippen molar-refractivity contribution < 1.29 is 14.3 Å². The fraction of sp³-hybridized carbons (Fsp3) is 0.562. The minimum atomic E-state index is -2.02. The Morgan fingerprint density at radius 1 is 1.32 bits per heavy atom. The average molecular weight is 439 g/mol. The van der Waals surface area contributed by atoms with Crippen molar-refractivity contribution >= 4 is 39.8 Å². The molecule has 3 unspecified atom stereocenters. The van der Waals surface area contributed by atoms with Crippen LogP contribution in [0.2, 0.25) is 14.8 Å². The second-order valence-electron chi connectivity index (χ2n) is 6.18. The van der Waals surface area contributed by atoms with Crippen LogP contribution in [0.5, 0.6) is 0 Å². The van der Waals surface area contributed by atoms with Crippen LogP contribution < -0.4 is 8.90 Å². The van der Waals surface area contributed by atoms with Crippen molar-refractivity contribution in [2.75, 3.05) is 13.7 Å². The van der Waals surface area contributed by atoms with Gasteiger partial charge in [-0.3, -0.25) is 0 Å². The van der Waals surface area contributed by atoms with Gasteiger partial charge in [-0.2, -0.15) is 0 Å². The summed E-state index contributed by atoms with van der Waals surface area (Å²) in [5.41, 5.74) is 0.779. The van der Waals surface area contributed by atoms with Crippen LogP contribution >= 0.6 is 11.6 Å². The summed E-state index contributed by atoms with van der Waals surface area (Å²) < 4.78 is 14.1. The summed E-state index contributed by atoms with van der Waals surface area (Å²) >= 11 is 3.07. The Morgan fingerprint density at radius 3 is 2.05 bits per heavy atom. The monoisotopic (exact) mass is 439 g/mol. The van der Waals surface area contributed by atoms with E-state index in [4.69, 9.17) is 11.6 Å². The zero-order valence-corrected chi connectivity index (χ0v) is 17.5. The third-order valence-electron chi connectivity index (χ3n) is 3.22. The van der Waals surface area contributed by atoms with E-state index in [1.807, 2.05) is 12.1 Å². The van der Waals surface area contributed by atoms with E-state index in [-0.39, 0.29) is 5.38 Å². The molecule has 0 bridgehead atoms. The molecule has 3 atom stereocenters. The Kier molecular flexibility index (Phi) is 10.5. The zero-order valence-electron chi connectivity index (χ0n) is 13.9. The van der Waals surface area contributed by atoms with Crippen molar-refractivity contribution in [1.29, 1.82) is 0 Å². The molecule has 126 valence electrons. The number of carbonyl (C=O) groups is 1.